The van der Waals surface area contributed by atoms with Crippen LogP contribution in [0.1, 0.15) is 17.5 Å². The molecular formula is C16H18BrNO2. The number of benzene rings is 1. The first-order chi connectivity index (χ1) is 9.69. The molecule has 0 saturated heterocycles. The molecule has 0 aliphatic heterocycles. The minimum absolute atomic E-state index is 0.369. The number of rotatable bonds is 6. The zero-order valence-electron chi connectivity index (χ0n) is 11.4. The third kappa shape index (κ3) is 4.32. The van der Waals surface area contributed by atoms with Crippen molar-refractivity contribution >= 4 is 15.9 Å². The number of hydrogen-bond acceptors (Lipinski definition) is 3. The molecule has 1 N–H and O–H groups in total. The average Bonchev–Trinajstić information content (AvgIpc) is 2.48. The number of pyridine rings is 1. The van der Waals surface area contributed by atoms with Gasteiger partial charge in [0.1, 0.15) is 5.75 Å². The van der Waals surface area contributed by atoms with Crippen molar-refractivity contribution in [2.45, 2.75) is 25.4 Å². The molecule has 0 saturated carbocycles. The smallest absolute Gasteiger partial charge is 0.119 e. The summed E-state index contributed by atoms with van der Waals surface area (Å²) in [4.78, 5) is 3.99. The predicted octanol–water partition coefficient (Wildman–Crippen LogP) is 3.39. The molecule has 0 spiro atoms. The zero-order valence-corrected chi connectivity index (χ0v) is 13.0. The predicted molar refractivity (Wildman–Crippen MR) is 83.0 cm³/mol. The Bertz CT molecular complexity index is 545. The van der Waals surface area contributed by atoms with E-state index in [-0.39, 0.29) is 6.10 Å². The summed E-state index contributed by atoms with van der Waals surface area (Å²) in [5.74, 6) is 0.810. The van der Waals surface area contributed by atoms with Gasteiger partial charge >= 0.3 is 0 Å². The van der Waals surface area contributed by atoms with Gasteiger partial charge in [0.15, 0.2) is 0 Å². The van der Waals surface area contributed by atoms with Crippen molar-refractivity contribution in [3.8, 4) is 5.75 Å². The molecule has 0 amide bonds. The highest BCUT2D eigenvalue weighted by Gasteiger charge is 2.10. The van der Waals surface area contributed by atoms with Gasteiger partial charge in [-0.15, -0.1) is 0 Å². The van der Waals surface area contributed by atoms with E-state index in [4.69, 9.17) is 4.74 Å². The first-order valence-corrected chi connectivity index (χ1v) is 7.37. The van der Waals surface area contributed by atoms with Crippen molar-refractivity contribution in [3.05, 3.63) is 58.3 Å². The molecule has 0 radical (unpaired) electrons. The molecule has 1 aromatic carbocycles. The van der Waals surface area contributed by atoms with E-state index >= 15 is 0 Å². The number of halogens is 1. The number of methoxy groups -OCH3 is 1. The Morgan fingerprint density at radius 2 is 2.00 bits per heavy atom. The first kappa shape index (κ1) is 15.0. The van der Waals surface area contributed by atoms with E-state index < -0.39 is 0 Å². The van der Waals surface area contributed by atoms with Gasteiger partial charge in [-0.3, -0.25) is 4.98 Å². The highest BCUT2D eigenvalue weighted by atomic mass is 79.9. The maximum atomic E-state index is 10.2. The molecule has 2 rings (SSSR count). The van der Waals surface area contributed by atoms with Crippen LogP contribution < -0.4 is 4.74 Å². The molecule has 1 heterocycles. The highest BCUT2D eigenvalue weighted by molar-refractivity contribution is 9.10. The summed E-state index contributed by atoms with van der Waals surface area (Å²) in [5, 5.41) is 10.2. The van der Waals surface area contributed by atoms with E-state index in [0.717, 1.165) is 28.6 Å². The van der Waals surface area contributed by atoms with Gasteiger partial charge in [0, 0.05) is 16.9 Å². The van der Waals surface area contributed by atoms with Crippen LogP contribution >= 0.6 is 15.9 Å². The maximum Gasteiger partial charge on any atom is 0.119 e. The average molecular weight is 336 g/mol. The van der Waals surface area contributed by atoms with Crippen molar-refractivity contribution in [2.24, 2.45) is 0 Å². The molecule has 1 atom stereocenters. The molecule has 3 nitrogen and oxygen atoms in total. The standard InChI is InChI=1S/C16H18BrNO2/c1-20-15-4-5-16(17)13(11-15)10-14(19)3-2-12-6-8-18-9-7-12/h4-9,11,14,19H,2-3,10H2,1H3. The second-order valence-corrected chi connectivity index (χ2v) is 5.56. The van der Waals surface area contributed by atoms with Crippen LogP contribution in [0, 0.1) is 0 Å². The second-order valence-electron chi connectivity index (χ2n) is 4.71. The van der Waals surface area contributed by atoms with Crippen LogP contribution in [0.3, 0.4) is 0 Å². The molecule has 1 unspecified atom stereocenters. The topological polar surface area (TPSA) is 42.4 Å². The molecule has 106 valence electrons. The quantitative estimate of drug-likeness (QED) is 0.879. The molecule has 4 heteroatoms. The summed E-state index contributed by atoms with van der Waals surface area (Å²) in [6.07, 6.45) is 5.38. The van der Waals surface area contributed by atoms with Gasteiger partial charge in [0.05, 0.1) is 13.2 Å². The zero-order chi connectivity index (χ0) is 14.4. The molecule has 0 fully saturated rings. The SMILES string of the molecule is COc1ccc(Br)c(CC(O)CCc2ccncc2)c1. The Kier molecular flexibility index (Phi) is 5.56. The number of aromatic nitrogens is 1. The summed E-state index contributed by atoms with van der Waals surface area (Å²) in [5.41, 5.74) is 2.26. The normalized spacial score (nSPS) is 12.2. The van der Waals surface area contributed by atoms with Crippen LogP contribution in [0.25, 0.3) is 0 Å². The first-order valence-electron chi connectivity index (χ1n) is 6.58. The van der Waals surface area contributed by atoms with E-state index in [0.29, 0.717) is 6.42 Å². The van der Waals surface area contributed by atoms with Gasteiger partial charge in [0.2, 0.25) is 0 Å². The van der Waals surface area contributed by atoms with Gasteiger partial charge in [-0.25, -0.2) is 0 Å². The van der Waals surface area contributed by atoms with Crippen LogP contribution in [0.2, 0.25) is 0 Å². The van der Waals surface area contributed by atoms with E-state index in [9.17, 15) is 5.11 Å². The summed E-state index contributed by atoms with van der Waals surface area (Å²) in [6.45, 7) is 0. The summed E-state index contributed by atoms with van der Waals surface area (Å²) in [6, 6.07) is 9.77. The van der Waals surface area contributed by atoms with Crippen molar-refractivity contribution in [3.63, 3.8) is 0 Å². The number of ether oxygens (including phenoxy) is 1. The molecule has 0 aliphatic carbocycles. The Balaban J connectivity index is 1.92. The van der Waals surface area contributed by atoms with Gasteiger partial charge in [0.25, 0.3) is 0 Å². The number of hydrogen-bond donors (Lipinski definition) is 1. The van der Waals surface area contributed by atoms with Crippen LogP contribution in [-0.2, 0) is 12.8 Å². The van der Waals surface area contributed by atoms with Crippen molar-refractivity contribution in [1.82, 2.24) is 4.98 Å². The number of aryl methyl sites for hydroxylation is 1. The fourth-order valence-electron chi connectivity index (χ4n) is 2.07. The van der Waals surface area contributed by atoms with Crippen LogP contribution in [0.5, 0.6) is 5.75 Å². The van der Waals surface area contributed by atoms with E-state index in [1.165, 1.54) is 5.56 Å². The van der Waals surface area contributed by atoms with Crippen molar-refractivity contribution in [2.75, 3.05) is 7.11 Å². The second kappa shape index (κ2) is 7.41. The lowest BCUT2D eigenvalue weighted by molar-refractivity contribution is 0.165. The lowest BCUT2D eigenvalue weighted by atomic mass is 10.0. The van der Waals surface area contributed by atoms with Gasteiger partial charge in [-0.1, -0.05) is 15.9 Å². The van der Waals surface area contributed by atoms with Crippen molar-refractivity contribution in [1.29, 1.82) is 0 Å². The Morgan fingerprint density at radius 1 is 1.25 bits per heavy atom. The third-order valence-corrected chi connectivity index (χ3v) is 4.00. The Labute approximate surface area is 127 Å². The maximum absolute atomic E-state index is 10.2. The van der Waals surface area contributed by atoms with Gasteiger partial charge < -0.3 is 9.84 Å². The van der Waals surface area contributed by atoms with Crippen LogP contribution in [0.15, 0.2) is 47.2 Å². The molecular weight excluding hydrogens is 318 g/mol. The number of aliphatic hydroxyl groups is 1. The lowest BCUT2D eigenvalue weighted by Crippen LogP contribution is -2.12. The summed E-state index contributed by atoms with van der Waals surface area (Å²) < 4.78 is 6.21. The fraction of sp³-hybridized carbons (Fsp3) is 0.312. The molecule has 0 bridgehead atoms. The highest BCUT2D eigenvalue weighted by Crippen LogP contribution is 2.24. The van der Waals surface area contributed by atoms with Gasteiger partial charge in [-0.05, 0) is 60.7 Å². The van der Waals surface area contributed by atoms with Crippen LogP contribution in [-0.4, -0.2) is 23.3 Å². The van der Waals surface area contributed by atoms with E-state index in [1.54, 1.807) is 19.5 Å². The minimum Gasteiger partial charge on any atom is -0.497 e. The minimum atomic E-state index is -0.369. The van der Waals surface area contributed by atoms with Gasteiger partial charge in [-0.2, -0.15) is 0 Å². The van der Waals surface area contributed by atoms with E-state index in [2.05, 4.69) is 20.9 Å². The fourth-order valence-corrected chi connectivity index (χ4v) is 2.48. The monoisotopic (exact) mass is 335 g/mol. The summed E-state index contributed by atoms with van der Waals surface area (Å²) >= 11 is 3.51. The van der Waals surface area contributed by atoms with Crippen LogP contribution in [0.4, 0.5) is 0 Å². The number of nitrogens with zero attached hydrogens (tertiary/aromatic N) is 1. The molecule has 20 heavy (non-hydrogen) atoms. The Hall–Kier alpha value is -1.39. The third-order valence-electron chi connectivity index (χ3n) is 3.22. The van der Waals surface area contributed by atoms with E-state index in [1.807, 2.05) is 30.3 Å². The summed E-state index contributed by atoms with van der Waals surface area (Å²) in [7, 11) is 1.65. The molecule has 1 aromatic heterocycles. The molecule has 0 aliphatic rings. The van der Waals surface area contributed by atoms with Crippen molar-refractivity contribution < 1.29 is 9.84 Å². The Morgan fingerprint density at radius 3 is 2.70 bits per heavy atom. The number of aliphatic hydroxyl groups excluding tert-OH is 1. The largest absolute Gasteiger partial charge is 0.497 e. The lowest BCUT2D eigenvalue weighted by Gasteiger charge is -2.13. The molecule has 2 aromatic rings.